The zero-order valence-corrected chi connectivity index (χ0v) is 9.82. The molecule has 0 saturated carbocycles. The number of carbonyl (C=O) groups is 1. The SMILES string of the molecule is CC(C)(CN)NC(=O)c1ncnc2[nH]ccc12. The third-order valence-electron chi connectivity index (χ3n) is 2.53. The number of rotatable bonds is 3. The minimum atomic E-state index is -0.454. The molecule has 90 valence electrons. The Morgan fingerprint density at radius 1 is 1.53 bits per heavy atom. The van der Waals surface area contributed by atoms with Crippen LogP contribution in [0.3, 0.4) is 0 Å². The van der Waals surface area contributed by atoms with Crippen LogP contribution in [-0.2, 0) is 0 Å². The van der Waals surface area contributed by atoms with E-state index in [2.05, 4.69) is 20.3 Å². The van der Waals surface area contributed by atoms with Crippen LogP contribution in [0.1, 0.15) is 24.3 Å². The molecule has 0 aliphatic rings. The fraction of sp³-hybridized carbons (Fsp3) is 0.364. The molecule has 4 N–H and O–H groups in total. The lowest BCUT2D eigenvalue weighted by molar-refractivity contribution is 0.0912. The molecular weight excluding hydrogens is 218 g/mol. The summed E-state index contributed by atoms with van der Waals surface area (Å²) < 4.78 is 0. The predicted octanol–water partition coefficient (Wildman–Crippen LogP) is 0.425. The predicted molar refractivity (Wildman–Crippen MR) is 64.5 cm³/mol. The molecule has 2 aromatic rings. The zero-order chi connectivity index (χ0) is 12.5. The van der Waals surface area contributed by atoms with Crippen molar-refractivity contribution >= 4 is 16.9 Å². The number of hydrogen-bond acceptors (Lipinski definition) is 4. The van der Waals surface area contributed by atoms with Crippen molar-refractivity contribution in [2.75, 3.05) is 6.54 Å². The van der Waals surface area contributed by atoms with Gasteiger partial charge in [0, 0.05) is 18.3 Å². The Kier molecular flexibility index (Phi) is 2.81. The Labute approximate surface area is 98.6 Å². The van der Waals surface area contributed by atoms with E-state index in [9.17, 15) is 4.79 Å². The number of aromatic nitrogens is 3. The molecule has 0 aliphatic carbocycles. The van der Waals surface area contributed by atoms with Gasteiger partial charge in [0.15, 0.2) is 0 Å². The number of aromatic amines is 1. The highest BCUT2D eigenvalue weighted by Gasteiger charge is 2.21. The van der Waals surface area contributed by atoms with E-state index in [4.69, 9.17) is 5.73 Å². The highest BCUT2D eigenvalue weighted by molar-refractivity contribution is 6.03. The molecule has 0 atom stereocenters. The number of nitrogens with two attached hydrogens (primary N) is 1. The van der Waals surface area contributed by atoms with E-state index in [-0.39, 0.29) is 5.91 Å². The van der Waals surface area contributed by atoms with Gasteiger partial charge >= 0.3 is 0 Å². The molecular formula is C11H15N5O. The smallest absolute Gasteiger partial charge is 0.271 e. The monoisotopic (exact) mass is 233 g/mol. The molecule has 1 amide bonds. The summed E-state index contributed by atoms with van der Waals surface area (Å²) in [6.07, 6.45) is 3.09. The number of fused-ring (bicyclic) bond motifs is 1. The first-order chi connectivity index (χ1) is 8.03. The molecule has 2 rings (SSSR count). The average Bonchev–Trinajstić information content (AvgIpc) is 2.76. The summed E-state index contributed by atoms with van der Waals surface area (Å²) in [5, 5.41) is 3.54. The van der Waals surface area contributed by atoms with Crippen LogP contribution in [-0.4, -0.2) is 32.9 Å². The van der Waals surface area contributed by atoms with Crippen LogP contribution in [0.4, 0.5) is 0 Å². The standard InChI is InChI=1S/C11H15N5O/c1-11(2,5-12)16-10(17)8-7-3-4-13-9(7)15-6-14-8/h3-4,6H,5,12H2,1-2H3,(H,16,17)(H,13,14,15). The van der Waals surface area contributed by atoms with Gasteiger partial charge in [0.25, 0.3) is 5.91 Å². The van der Waals surface area contributed by atoms with Crippen molar-refractivity contribution in [1.29, 1.82) is 0 Å². The number of H-pyrrole nitrogens is 1. The Morgan fingerprint density at radius 2 is 2.29 bits per heavy atom. The molecule has 0 fully saturated rings. The average molecular weight is 233 g/mol. The van der Waals surface area contributed by atoms with E-state index >= 15 is 0 Å². The summed E-state index contributed by atoms with van der Waals surface area (Å²) in [6, 6.07) is 1.78. The van der Waals surface area contributed by atoms with Gasteiger partial charge < -0.3 is 16.0 Å². The minimum Gasteiger partial charge on any atom is -0.346 e. The first kappa shape index (κ1) is 11.5. The quantitative estimate of drug-likeness (QED) is 0.716. The van der Waals surface area contributed by atoms with Gasteiger partial charge in [0.1, 0.15) is 17.7 Å². The second-order valence-corrected chi connectivity index (χ2v) is 4.50. The first-order valence-electron chi connectivity index (χ1n) is 5.34. The number of hydrogen-bond donors (Lipinski definition) is 3. The van der Waals surface area contributed by atoms with E-state index in [0.29, 0.717) is 23.3 Å². The van der Waals surface area contributed by atoms with Gasteiger partial charge in [-0.25, -0.2) is 9.97 Å². The molecule has 0 spiro atoms. The molecule has 0 unspecified atom stereocenters. The summed E-state index contributed by atoms with van der Waals surface area (Å²) in [7, 11) is 0. The molecule has 0 radical (unpaired) electrons. The highest BCUT2D eigenvalue weighted by Crippen LogP contribution is 2.13. The van der Waals surface area contributed by atoms with E-state index in [1.165, 1.54) is 6.33 Å². The van der Waals surface area contributed by atoms with Crippen LogP contribution in [0.15, 0.2) is 18.6 Å². The van der Waals surface area contributed by atoms with Gasteiger partial charge in [-0.2, -0.15) is 0 Å². The maximum Gasteiger partial charge on any atom is 0.271 e. The number of nitrogens with one attached hydrogen (secondary N) is 2. The van der Waals surface area contributed by atoms with Crippen molar-refractivity contribution in [3.63, 3.8) is 0 Å². The lowest BCUT2D eigenvalue weighted by atomic mass is 10.1. The number of amides is 1. The van der Waals surface area contributed by atoms with Gasteiger partial charge in [0.2, 0.25) is 0 Å². The minimum absolute atomic E-state index is 0.243. The second-order valence-electron chi connectivity index (χ2n) is 4.50. The largest absolute Gasteiger partial charge is 0.346 e. The maximum atomic E-state index is 12.1. The lowest BCUT2D eigenvalue weighted by Gasteiger charge is -2.23. The van der Waals surface area contributed by atoms with E-state index in [1.807, 2.05) is 13.8 Å². The van der Waals surface area contributed by atoms with Gasteiger partial charge in [-0.15, -0.1) is 0 Å². The fourth-order valence-corrected chi connectivity index (χ4v) is 1.47. The van der Waals surface area contributed by atoms with Crippen LogP contribution < -0.4 is 11.1 Å². The number of carbonyl (C=O) groups excluding carboxylic acids is 1. The summed E-state index contributed by atoms with van der Waals surface area (Å²) in [4.78, 5) is 23.0. The van der Waals surface area contributed by atoms with E-state index in [0.717, 1.165) is 0 Å². The van der Waals surface area contributed by atoms with Crippen LogP contribution in [0.5, 0.6) is 0 Å². The fourth-order valence-electron chi connectivity index (χ4n) is 1.47. The Hall–Kier alpha value is -1.95. The normalized spacial score (nSPS) is 11.7. The van der Waals surface area contributed by atoms with Crippen LogP contribution in [0, 0.1) is 0 Å². The highest BCUT2D eigenvalue weighted by atomic mass is 16.2. The van der Waals surface area contributed by atoms with Crippen LogP contribution in [0.2, 0.25) is 0 Å². The lowest BCUT2D eigenvalue weighted by Crippen LogP contribution is -2.49. The number of nitrogens with zero attached hydrogens (tertiary/aromatic N) is 2. The van der Waals surface area contributed by atoms with Gasteiger partial charge in [-0.1, -0.05) is 0 Å². The Bertz CT molecular complexity index is 546. The van der Waals surface area contributed by atoms with E-state index in [1.54, 1.807) is 12.3 Å². The molecule has 0 aromatic carbocycles. The molecule has 0 bridgehead atoms. The molecule has 0 aliphatic heterocycles. The van der Waals surface area contributed by atoms with Crippen molar-refractivity contribution in [2.24, 2.45) is 5.73 Å². The Balaban J connectivity index is 2.34. The molecule has 6 heteroatoms. The second kappa shape index (κ2) is 4.14. The molecule has 2 aromatic heterocycles. The summed E-state index contributed by atoms with van der Waals surface area (Å²) in [5.74, 6) is -0.243. The molecule has 0 saturated heterocycles. The van der Waals surface area contributed by atoms with Gasteiger partial charge in [-0.3, -0.25) is 4.79 Å². The molecule has 2 heterocycles. The first-order valence-corrected chi connectivity index (χ1v) is 5.34. The third kappa shape index (κ3) is 2.26. The van der Waals surface area contributed by atoms with Crippen molar-refractivity contribution < 1.29 is 4.79 Å². The van der Waals surface area contributed by atoms with Crippen LogP contribution in [0.25, 0.3) is 11.0 Å². The summed E-state index contributed by atoms with van der Waals surface area (Å²) in [5.41, 5.74) is 6.13. The summed E-state index contributed by atoms with van der Waals surface area (Å²) >= 11 is 0. The van der Waals surface area contributed by atoms with Crippen molar-refractivity contribution in [2.45, 2.75) is 19.4 Å². The topological polar surface area (TPSA) is 96.7 Å². The van der Waals surface area contributed by atoms with E-state index < -0.39 is 5.54 Å². The van der Waals surface area contributed by atoms with Gasteiger partial charge in [-0.05, 0) is 19.9 Å². The zero-order valence-electron chi connectivity index (χ0n) is 9.82. The van der Waals surface area contributed by atoms with Crippen molar-refractivity contribution in [3.05, 3.63) is 24.3 Å². The van der Waals surface area contributed by atoms with Crippen molar-refractivity contribution in [3.8, 4) is 0 Å². The molecule has 6 nitrogen and oxygen atoms in total. The van der Waals surface area contributed by atoms with Crippen molar-refractivity contribution in [1.82, 2.24) is 20.3 Å². The maximum absolute atomic E-state index is 12.1. The van der Waals surface area contributed by atoms with Crippen LogP contribution >= 0.6 is 0 Å². The summed E-state index contributed by atoms with van der Waals surface area (Å²) in [6.45, 7) is 4.08. The third-order valence-corrected chi connectivity index (χ3v) is 2.53. The Morgan fingerprint density at radius 3 is 3.00 bits per heavy atom. The van der Waals surface area contributed by atoms with Gasteiger partial charge in [0.05, 0.1) is 5.39 Å². The molecule has 17 heavy (non-hydrogen) atoms.